The predicted molar refractivity (Wildman–Crippen MR) is 181 cm³/mol. The maximum atomic E-state index is 14.3. The first kappa shape index (κ1) is 31.9. The van der Waals surface area contributed by atoms with E-state index in [9.17, 15) is 14.4 Å². The Morgan fingerprint density at radius 3 is 2.70 bits per heavy atom. The van der Waals surface area contributed by atoms with Gasteiger partial charge in [-0.25, -0.2) is 14.6 Å². The number of aryl methyl sites for hydroxylation is 1. The Morgan fingerprint density at radius 2 is 1.94 bits per heavy atom. The highest BCUT2D eigenvalue weighted by Gasteiger charge is 2.30. The van der Waals surface area contributed by atoms with Gasteiger partial charge in [0, 0.05) is 36.8 Å². The molecule has 2 aliphatic rings. The van der Waals surface area contributed by atoms with E-state index in [2.05, 4.69) is 17.2 Å². The number of anilines is 1. The van der Waals surface area contributed by atoms with Crippen LogP contribution in [0.25, 0.3) is 11.2 Å². The van der Waals surface area contributed by atoms with Gasteiger partial charge < -0.3 is 19.7 Å². The molecule has 4 aromatic rings. The number of aliphatic imine (C=N–C) groups is 1. The first-order valence-corrected chi connectivity index (χ1v) is 15.8. The molecule has 0 radical (unpaired) electrons. The summed E-state index contributed by atoms with van der Waals surface area (Å²) in [6.45, 7) is 8.30. The zero-order valence-corrected chi connectivity index (χ0v) is 27.7. The van der Waals surface area contributed by atoms with Gasteiger partial charge in [0.25, 0.3) is 5.56 Å². The van der Waals surface area contributed by atoms with Crippen molar-refractivity contribution in [2.75, 3.05) is 18.0 Å². The molecule has 2 aromatic carbocycles. The second kappa shape index (κ2) is 12.6. The van der Waals surface area contributed by atoms with E-state index in [0.29, 0.717) is 52.5 Å². The first-order valence-electron chi connectivity index (χ1n) is 15.4. The van der Waals surface area contributed by atoms with Crippen LogP contribution in [0.1, 0.15) is 46.1 Å². The molecule has 0 saturated carbocycles. The number of hydrogen-bond donors (Lipinski definition) is 1. The number of fused-ring (bicyclic) bond motifs is 3. The number of nitrogens with zero attached hydrogens (tertiary/aromatic N) is 6. The standard InChI is InChI=1S/C34H36ClN7O5/c1-6-7-17-41-28-29(38-31(41)40-16-10-11-22(19-40)36-32(44)47-34(2,3)4)39(5)33(45)42(30(28)43)20-25-23-18-21(35)14-15-26(23)46-27-13-9-8-12-24(27)37-25/h8-9,12-15,18,22H,10-11,16-17,19-20H2,1-5H3,(H,36,44). The SMILES string of the molecule is CC#CCn1c(N2CCCC(NC(=O)OC(C)(C)C)C2)nc2c1c(=O)n(CC1=Nc3ccccc3Oc3ccc(Cl)cc31)c(=O)n2C. The monoisotopic (exact) mass is 657 g/mol. The lowest BCUT2D eigenvalue weighted by Gasteiger charge is -2.34. The van der Waals surface area contributed by atoms with Crippen molar-refractivity contribution in [3.05, 3.63) is 73.9 Å². The van der Waals surface area contributed by atoms with Gasteiger partial charge in [-0.1, -0.05) is 29.7 Å². The smallest absolute Gasteiger partial charge is 0.407 e. The van der Waals surface area contributed by atoms with E-state index in [4.69, 9.17) is 31.1 Å². The minimum absolute atomic E-state index is 0.141. The number of nitrogens with one attached hydrogen (secondary N) is 1. The van der Waals surface area contributed by atoms with Gasteiger partial charge in [-0.15, -0.1) is 5.92 Å². The summed E-state index contributed by atoms with van der Waals surface area (Å²) in [5.74, 6) is 7.51. The lowest BCUT2D eigenvalue weighted by Crippen LogP contribution is -2.49. The molecule has 1 amide bonds. The second-order valence-electron chi connectivity index (χ2n) is 12.5. The molecule has 13 heteroatoms. The number of hydrogen-bond acceptors (Lipinski definition) is 8. The van der Waals surface area contributed by atoms with Crippen LogP contribution in [0.15, 0.2) is 57.0 Å². The molecule has 0 bridgehead atoms. The molecule has 0 aliphatic carbocycles. The van der Waals surface area contributed by atoms with Crippen LogP contribution in [0.4, 0.5) is 16.4 Å². The lowest BCUT2D eigenvalue weighted by molar-refractivity contribution is 0.0499. The fourth-order valence-corrected chi connectivity index (χ4v) is 6.02. The van der Waals surface area contributed by atoms with Gasteiger partial charge >= 0.3 is 11.8 Å². The highest BCUT2D eigenvalue weighted by Crippen LogP contribution is 2.38. The molecule has 6 rings (SSSR count). The van der Waals surface area contributed by atoms with Crippen molar-refractivity contribution in [2.24, 2.45) is 12.0 Å². The topological polar surface area (TPSA) is 125 Å². The van der Waals surface area contributed by atoms with Crippen molar-refractivity contribution in [1.82, 2.24) is 24.0 Å². The third kappa shape index (κ3) is 6.49. The van der Waals surface area contributed by atoms with E-state index in [1.165, 1.54) is 4.57 Å². The van der Waals surface area contributed by atoms with Crippen molar-refractivity contribution in [3.8, 4) is 23.3 Å². The number of halogens is 1. The van der Waals surface area contributed by atoms with Crippen molar-refractivity contribution in [1.29, 1.82) is 0 Å². The van der Waals surface area contributed by atoms with Gasteiger partial charge in [-0.05, 0) is 70.9 Å². The highest BCUT2D eigenvalue weighted by molar-refractivity contribution is 6.31. The molecule has 0 spiro atoms. The predicted octanol–water partition coefficient (Wildman–Crippen LogP) is 4.99. The summed E-state index contributed by atoms with van der Waals surface area (Å²) < 4.78 is 15.9. The van der Waals surface area contributed by atoms with Crippen LogP contribution in [-0.4, -0.2) is 55.2 Å². The number of alkyl carbamates (subject to hydrolysis) is 1. The molecule has 4 heterocycles. The number of piperidine rings is 1. The molecule has 1 N–H and O–H groups in total. The van der Waals surface area contributed by atoms with Gasteiger partial charge in [0.15, 0.2) is 16.9 Å². The summed E-state index contributed by atoms with van der Waals surface area (Å²) in [7, 11) is 1.59. The summed E-state index contributed by atoms with van der Waals surface area (Å²) in [4.78, 5) is 52.4. The Morgan fingerprint density at radius 1 is 1.15 bits per heavy atom. The van der Waals surface area contributed by atoms with E-state index in [-0.39, 0.29) is 30.3 Å². The molecule has 1 saturated heterocycles. The molecule has 12 nitrogen and oxygen atoms in total. The summed E-state index contributed by atoms with van der Waals surface area (Å²) in [5.41, 5.74) is 0.367. The van der Waals surface area contributed by atoms with Gasteiger partial charge in [-0.2, -0.15) is 4.98 Å². The average Bonchev–Trinajstić information content (AvgIpc) is 3.33. The summed E-state index contributed by atoms with van der Waals surface area (Å²) in [6.07, 6.45) is 1.05. The number of imidazole rings is 1. The van der Waals surface area contributed by atoms with Crippen LogP contribution in [-0.2, 0) is 24.9 Å². The van der Waals surface area contributed by atoms with E-state index < -0.39 is 22.9 Å². The zero-order valence-electron chi connectivity index (χ0n) is 27.0. The van der Waals surface area contributed by atoms with Crippen LogP contribution in [0.2, 0.25) is 5.02 Å². The summed E-state index contributed by atoms with van der Waals surface area (Å²) in [6, 6.07) is 12.3. The number of amides is 1. The van der Waals surface area contributed by atoms with Crippen LogP contribution >= 0.6 is 11.6 Å². The summed E-state index contributed by atoms with van der Waals surface area (Å²) >= 11 is 6.38. The number of carbonyl (C=O) groups excluding carboxylic acids is 1. The molecular weight excluding hydrogens is 622 g/mol. The van der Waals surface area contributed by atoms with E-state index in [1.807, 2.05) is 37.8 Å². The molecule has 244 valence electrons. The van der Waals surface area contributed by atoms with Gasteiger partial charge in [-0.3, -0.25) is 18.5 Å². The van der Waals surface area contributed by atoms with Crippen LogP contribution in [0, 0.1) is 11.8 Å². The number of carbonyl (C=O) groups is 1. The van der Waals surface area contributed by atoms with Crippen molar-refractivity contribution in [2.45, 2.75) is 65.3 Å². The van der Waals surface area contributed by atoms with Crippen LogP contribution in [0.5, 0.6) is 11.5 Å². The molecule has 1 atom stereocenters. The molecule has 1 fully saturated rings. The Balaban J connectivity index is 1.44. The highest BCUT2D eigenvalue weighted by atomic mass is 35.5. The zero-order chi connectivity index (χ0) is 33.5. The number of benzene rings is 2. The van der Waals surface area contributed by atoms with Crippen molar-refractivity contribution < 1.29 is 14.3 Å². The average molecular weight is 658 g/mol. The third-order valence-corrected chi connectivity index (χ3v) is 8.19. The fraction of sp³-hybridized carbons (Fsp3) is 0.382. The second-order valence-corrected chi connectivity index (χ2v) is 13.0. The maximum absolute atomic E-state index is 14.3. The number of ether oxygens (including phenoxy) is 2. The Labute approximate surface area is 276 Å². The molecule has 1 unspecified atom stereocenters. The van der Waals surface area contributed by atoms with E-state index in [0.717, 1.165) is 17.4 Å². The van der Waals surface area contributed by atoms with Crippen LogP contribution < -0.4 is 26.2 Å². The van der Waals surface area contributed by atoms with Crippen molar-refractivity contribution in [3.63, 3.8) is 0 Å². The largest absolute Gasteiger partial charge is 0.454 e. The minimum Gasteiger partial charge on any atom is -0.454 e. The lowest BCUT2D eigenvalue weighted by atomic mass is 10.1. The Hall–Kier alpha value is -5.02. The molecule has 2 aliphatic heterocycles. The Bertz CT molecular complexity index is 2090. The summed E-state index contributed by atoms with van der Waals surface area (Å²) in [5, 5.41) is 3.42. The van der Waals surface area contributed by atoms with Crippen LogP contribution in [0.3, 0.4) is 0 Å². The molecule has 47 heavy (non-hydrogen) atoms. The minimum atomic E-state index is -0.622. The van der Waals surface area contributed by atoms with E-state index >= 15 is 0 Å². The van der Waals surface area contributed by atoms with E-state index in [1.54, 1.807) is 48.9 Å². The van der Waals surface area contributed by atoms with Gasteiger partial charge in [0.1, 0.15) is 17.0 Å². The number of rotatable bonds is 5. The number of para-hydroxylation sites is 2. The number of aromatic nitrogens is 4. The fourth-order valence-electron chi connectivity index (χ4n) is 5.85. The van der Waals surface area contributed by atoms with Gasteiger partial charge in [0.2, 0.25) is 5.95 Å². The normalized spacial score (nSPS) is 15.8. The maximum Gasteiger partial charge on any atom is 0.407 e. The van der Waals surface area contributed by atoms with Gasteiger partial charge in [0.05, 0.1) is 18.8 Å². The van der Waals surface area contributed by atoms with Crippen molar-refractivity contribution >= 4 is 46.2 Å². The Kier molecular flexibility index (Phi) is 8.59. The first-order chi connectivity index (χ1) is 22.4. The third-order valence-electron chi connectivity index (χ3n) is 7.95. The quantitative estimate of drug-likeness (QED) is 0.300. The molecule has 2 aromatic heterocycles. The molecular formula is C34H36ClN7O5.